The Labute approximate surface area is 104 Å². The van der Waals surface area contributed by atoms with Gasteiger partial charge in [0.2, 0.25) is 5.91 Å². The Morgan fingerprint density at radius 1 is 1.47 bits per heavy atom. The van der Waals surface area contributed by atoms with Gasteiger partial charge in [0, 0.05) is 12.6 Å². The fourth-order valence-electron chi connectivity index (χ4n) is 2.65. The van der Waals surface area contributed by atoms with E-state index < -0.39 is 0 Å². The number of carbonyl (C=O) groups is 1. The molecule has 0 spiro atoms. The summed E-state index contributed by atoms with van der Waals surface area (Å²) in [6, 6.07) is 0.200. The molecule has 2 N–H and O–H groups in total. The molecule has 1 fully saturated rings. The monoisotopic (exact) mass is 242 g/mol. The summed E-state index contributed by atoms with van der Waals surface area (Å²) in [7, 11) is 0. The van der Waals surface area contributed by atoms with Gasteiger partial charge in [-0.25, -0.2) is 0 Å². The van der Waals surface area contributed by atoms with Gasteiger partial charge in [-0.15, -0.1) is 0 Å². The number of rotatable bonds is 6. The van der Waals surface area contributed by atoms with Gasteiger partial charge in [-0.3, -0.25) is 4.79 Å². The Balaban J connectivity index is 2.71. The second kappa shape index (κ2) is 6.97. The summed E-state index contributed by atoms with van der Waals surface area (Å²) in [5.41, 5.74) is 0. The Hall–Kier alpha value is -0.610. The lowest BCUT2D eigenvalue weighted by Gasteiger charge is -2.33. The lowest BCUT2D eigenvalue weighted by atomic mass is 10.0. The van der Waals surface area contributed by atoms with Gasteiger partial charge < -0.3 is 15.3 Å². The van der Waals surface area contributed by atoms with Crippen LogP contribution in [0, 0.1) is 5.92 Å². The van der Waals surface area contributed by atoms with Gasteiger partial charge in [0.25, 0.3) is 0 Å². The van der Waals surface area contributed by atoms with Crippen LogP contribution >= 0.6 is 0 Å². The normalized spacial score (nSPS) is 24.3. The highest BCUT2D eigenvalue weighted by Gasteiger charge is 2.34. The summed E-state index contributed by atoms with van der Waals surface area (Å²) in [6.07, 6.45) is 2.96. The first-order valence-corrected chi connectivity index (χ1v) is 6.80. The molecule has 100 valence electrons. The number of carbonyl (C=O) groups excluding carboxylic acids is 1. The zero-order chi connectivity index (χ0) is 12.8. The molecule has 0 radical (unpaired) electrons. The number of nitrogens with zero attached hydrogens (tertiary/aromatic N) is 1. The number of hydrogen-bond acceptors (Lipinski definition) is 3. The molecule has 0 aromatic carbocycles. The molecule has 1 amide bonds. The minimum absolute atomic E-state index is 0.0450. The molecule has 17 heavy (non-hydrogen) atoms. The Bertz CT molecular complexity index is 242. The van der Waals surface area contributed by atoms with E-state index in [2.05, 4.69) is 26.1 Å². The summed E-state index contributed by atoms with van der Waals surface area (Å²) >= 11 is 0. The molecule has 0 aromatic heterocycles. The number of hydrogen-bond donors (Lipinski definition) is 2. The van der Waals surface area contributed by atoms with Crippen molar-refractivity contribution in [2.24, 2.45) is 5.92 Å². The number of aliphatic hydroxyl groups is 1. The van der Waals surface area contributed by atoms with Crippen molar-refractivity contribution in [3.63, 3.8) is 0 Å². The first-order valence-electron chi connectivity index (χ1n) is 6.80. The van der Waals surface area contributed by atoms with Crippen LogP contribution in [0.4, 0.5) is 0 Å². The maximum Gasteiger partial charge on any atom is 0.240 e. The van der Waals surface area contributed by atoms with E-state index in [1.165, 1.54) is 0 Å². The molecule has 1 saturated heterocycles. The molecule has 4 nitrogen and oxygen atoms in total. The molecule has 0 aromatic rings. The average Bonchev–Trinajstić information content (AvgIpc) is 2.75. The summed E-state index contributed by atoms with van der Waals surface area (Å²) in [6.45, 7) is 7.73. The minimum Gasteiger partial charge on any atom is -0.395 e. The first kappa shape index (κ1) is 14.5. The van der Waals surface area contributed by atoms with Gasteiger partial charge in [-0.1, -0.05) is 20.8 Å². The fraction of sp³-hybridized carbons (Fsp3) is 0.923. The Morgan fingerprint density at radius 2 is 2.12 bits per heavy atom. The van der Waals surface area contributed by atoms with E-state index in [0.29, 0.717) is 12.5 Å². The predicted octanol–water partition coefficient (Wildman–Crippen LogP) is 0.994. The summed E-state index contributed by atoms with van der Waals surface area (Å²) in [5.74, 6) is 0.566. The van der Waals surface area contributed by atoms with Crippen LogP contribution in [0.2, 0.25) is 0 Å². The molecule has 2 atom stereocenters. The highest BCUT2D eigenvalue weighted by atomic mass is 16.3. The summed E-state index contributed by atoms with van der Waals surface area (Å²) in [4.78, 5) is 14.3. The van der Waals surface area contributed by atoms with Crippen molar-refractivity contribution in [2.75, 3.05) is 19.7 Å². The topological polar surface area (TPSA) is 52.6 Å². The fourth-order valence-corrected chi connectivity index (χ4v) is 2.65. The van der Waals surface area contributed by atoms with Crippen LogP contribution in [-0.4, -0.2) is 47.7 Å². The maximum atomic E-state index is 12.5. The minimum atomic E-state index is -0.0536. The number of amides is 1. The van der Waals surface area contributed by atoms with Crippen LogP contribution < -0.4 is 5.32 Å². The van der Waals surface area contributed by atoms with Crippen LogP contribution in [0.25, 0.3) is 0 Å². The van der Waals surface area contributed by atoms with Crippen molar-refractivity contribution >= 4 is 5.91 Å². The van der Waals surface area contributed by atoms with E-state index in [-0.39, 0.29) is 24.6 Å². The van der Waals surface area contributed by atoms with E-state index in [0.717, 1.165) is 25.8 Å². The smallest absolute Gasteiger partial charge is 0.240 e. The number of nitrogens with one attached hydrogen (secondary N) is 1. The third kappa shape index (κ3) is 3.42. The zero-order valence-electron chi connectivity index (χ0n) is 11.3. The molecular weight excluding hydrogens is 216 g/mol. The molecule has 1 heterocycles. The number of aliphatic hydroxyl groups excluding tert-OH is 1. The van der Waals surface area contributed by atoms with Gasteiger partial charge in [-0.2, -0.15) is 0 Å². The summed E-state index contributed by atoms with van der Waals surface area (Å²) < 4.78 is 0. The van der Waals surface area contributed by atoms with E-state index in [1.54, 1.807) is 0 Å². The highest BCUT2D eigenvalue weighted by molar-refractivity contribution is 5.82. The predicted molar refractivity (Wildman–Crippen MR) is 68.7 cm³/mol. The third-order valence-electron chi connectivity index (χ3n) is 3.81. The van der Waals surface area contributed by atoms with Crippen molar-refractivity contribution in [3.05, 3.63) is 0 Å². The molecule has 2 unspecified atom stereocenters. The van der Waals surface area contributed by atoms with Crippen LogP contribution in [0.15, 0.2) is 0 Å². The molecule has 1 aliphatic heterocycles. The SMILES string of the molecule is CCC(CC)N(CCO)C(=O)C1NCCC1C. The standard InChI is InChI=1S/C13H26N2O2/c1-4-11(5-2)15(8-9-16)13(17)12-10(3)6-7-14-12/h10-12,14,16H,4-9H2,1-3H3. The third-order valence-corrected chi connectivity index (χ3v) is 3.81. The molecular formula is C13H26N2O2. The van der Waals surface area contributed by atoms with Gasteiger partial charge >= 0.3 is 0 Å². The molecule has 0 saturated carbocycles. The molecule has 0 bridgehead atoms. The van der Waals surface area contributed by atoms with Crippen molar-refractivity contribution in [1.29, 1.82) is 0 Å². The Morgan fingerprint density at radius 3 is 2.53 bits per heavy atom. The Kier molecular flexibility index (Phi) is 5.92. The molecule has 4 heteroatoms. The van der Waals surface area contributed by atoms with Gasteiger partial charge in [-0.05, 0) is 31.7 Å². The zero-order valence-corrected chi connectivity index (χ0v) is 11.3. The van der Waals surface area contributed by atoms with Crippen LogP contribution in [-0.2, 0) is 4.79 Å². The van der Waals surface area contributed by atoms with E-state index >= 15 is 0 Å². The highest BCUT2D eigenvalue weighted by Crippen LogP contribution is 2.19. The molecule has 1 aliphatic rings. The van der Waals surface area contributed by atoms with Crippen molar-refractivity contribution < 1.29 is 9.90 Å². The van der Waals surface area contributed by atoms with E-state index in [9.17, 15) is 4.79 Å². The van der Waals surface area contributed by atoms with Crippen molar-refractivity contribution in [1.82, 2.24) is 10.2 Å². The van der Waals surface area contributed by atoms with Crippen LogP contribution in [0.5, 0.6) is 0 Å². The second-order valence-corrected chi connectivity index (χ2v) is 4.92. The lowest BCUT2D eigenvalue weighted by Crippen LogP contribution is -2.50. The van der Waals surface area contributed by atoms with Gasteiger partial charge in [0.15, 0.2) is 0 Å². The van der Waals surface area contributed by atoms with Crippen molar-refractivity contribution in [2.45, 2.75) is 52.1 Å². The lowest BCUT2D eigenvalue weighted by molar-refractivity contribution is -0.137. The largest absolute Gasteiger partial charge is 0.395 e. The quantitative estimate of drug-likeness (QED) is 0.730. The van der Waals surface area contributed by atoms with Gasteiger partial charge in [0.05, 0.1) is 12.6 Å². The molecule has 1 rings (SSSR count). The van der Waals surface area contributed by atoms with E-state index in [4.69, 9.17) is 5.11 Å². The summed E-state index contributed by atoms with van der Waals surface area (Å²) in [5, 5.41) is 12.4. The average molecular weight is 242 g/mol. The van der Waals surface area contributed by atoms with E-state index in [1.807, 2.05) is 4.90 Å². The maximum absolute atomic E-state index is 12.5. The first-order chi connectivity index (χ1) is 8.15. The van der Waals surface area contributed by atoms with Crippen molar-refractivity contribution in [3.8, 4) is 0 Å². The van der Waals surface area contributed by atoms with Crippen LogP contribution in [0.1, 0.15) is 40.0 Å². The molecule has 0 aliphatic carbocycles. The second-order valence-electron chi connectivity index (χ2n) is 4.92. The van der Waals surface area contributed by atoms with Gasteiger partial charge in [0.1, 0.15) is 0 Å². The van der Waals surface area contributed by atoms with Crippen LogP contribution in [0.3, 0.4) is 0 Å².